The number of amides is 1. The van der Waals surface area contributed by atoms with Crippen molar-refractivity contribution in [1.29, 1.82) is 0 Å². The van der Waals surface area contributed by atoms with Gasteiger partial charge in [0.15, 0.2) is 11.5 Å². The first-order chi connectivity index (χ1) is 24.6. The monoisotopic (exact) mass is 709 g/mol. The third kappa shape index (κ3) is 8.99. The molecule has 51 heavy (non-hydrogen) atoms. The van der Waals surface area contributed by atoms with E-state index in [0.29, 0.717) is 33.6 Å². The predicted molar refractivity (Wildman–Crippen MR) is 167 cm³/mol. The Hall–Kier alpha value is -6.40. The quantitative estimate of drug-likeness (QED) is 0.125. The van der Waals surface area contributed by atoms with Crippen LogP contribution in [0.2, 0.25) is 0 Å². The number of aliphatic hydroxyl groups is 2. The van der Waals surface area contributed by atoms with Gasteiger partial charge in [-0.3, -0.25) is 4.79 Å². The molecule has 4 aromatic heterocycles. The number of aromatic carboxylic acids is 1. The molecule has 16 nitrogen and oxygen atoms in total. The smallest absolute Gasteiger partial charge is 0.374 e. The third-order valence-corrected chi connectivity index (χ3v) is 6.82. The summed E-state index contributed by atoms with van der Waals surface area (Å²) in [5.41, 5.74) is 2.89. The van der Waals surface area contributed by atoms with E-state index in [1.807, 2.05) is 13.8 Å². The summed E-state index contributed by atoms with van der Waals surface area (Å²) in [5.74, 6) is -2.34. The summed E-state index contributed by atoms with van der Waals surface area (Å²) in [6.45, 7) is 2.72. The van der Waals surface area contributed by atoms with Crippen molar-refractivity contribution in [3.63, 3.8) is 0 Å². The molecule has 0 atom stereocenters. The van der Waals surface area contributed by atoms with E-state index in [9.17, 15) is 28.6 Å². The van der Waals surface area contributed by atoms with Crippen molar-refractivity contribution in [3.8, 4) is 34.3 Å². The van der Waals surface area contributed by atoms with Crippen molar-refractivity contribution >= 4 is 11.9 Å². The molecule has 0 aliphatic heterocycles. The van der Waals surface area contributed by atoms with Gasteiger partial charge in [0, 0.05) is 17.2 Å². The number of nitrogens with zero attached hydrogens (tertiary/aromatic N) is 4. The number of aromatic nitrogens is 4. The Morgan fingerprint density at radius 3 is 1.53 bits per heavy atom. The molecule has 0 fully saturated rings. The number of benzene rings is 2. The van der Waals surface area contributed by atoms with Gasteiger partial charge in [-0.15, -0.1) is 0 Å². The van der Waals surface area contributed by atoms with E-state index in [1.165, 1.54) is 42.5 Å². The van der Waals surface area contributed by atoms with E-state index in [0.717, 1.165) is 6.07 Å². The number of carbonyl (C=O) groups is 2. The molecule has 0 aliphatic carbocycles. The molecular weight excluding hydrogens is 680 g/mol. The number of ether oxygens (including phenoxy) is 2. The molecule has 0 radical (unpaired) electrons. The number of aliphatic hydroxyl groups excluding tert-OH is 2. The standard InChI is InChI=1S/C18H18FN3O5.C15H11FN2O6/c1-10(2)20-18(24)14-7-16(21-26-14)25-9-13-15(8-23)27-22-17(13)11-3-5-12(19)6-4-11;16-9-3-1-8(2-4-9)14-10(12(6-19)24-18-14)7-22-13-5-11(15(20)21)23-17-13/h3-7,10,23H,8-9H2,1-2H3,(H,20,24);1-5,19H,6-7H2,(H,20,21). The van der Waals surface area contributed by atoms with Gasteiger partial charge >= 0.3 is 5.97 Å². The second kappa shape index (κ2) is 16.3. The first kappa shape index (κ1) is 35.9. The van der Waals surface area contributed by atoms with E-state index >= 15 is 0 Å². The van der Waals surface area contributed by atoms with Gasteiger partial charge < -0.3 is 48.2 Å². The lowest BCUT2D eigenvalue weighted by Crippen LogP contribution is -2.29. The van der Waals surface area contributed by atoms with Crippen molar-refractivity contribution < 1.29 is 61.3 Å². The highest BCUT2D eigenvalue weighted by Crippen LogP contribution is 2.29. The molecule has 0 saturated carbocycles. The van der Waals surface area contributed by atoms with E-state index in [1.54, 1.807) is 12.1 Å². The summed E-state index contributed by atoms with van der Waals surface area (Å²) in [5, 5.41) is 45.2. The maximum absolute atomic E-state index is 13.1. The molecule has 18 heteroatoms. The Kier molecular flexibility index (Phi) is 11.5. The van der Waals surface area contributed by atoms with E-state index in [-0.39, 0.29) is 66.5 Å². The average molecular weight is 710 g/mol. The molecule has 0 saturated heterocycles. The first-order valence-electron chi connectivity index (χ1n) is 15.0. The highest BCUT2D eigenvalue weighted by atomic mass is 19.1. The predicted octanol–water partition coefficient (Wildman–Crippen LogP) is 4.92. The average Bonchev–Trinajstić information content (AvgIpc) is 3.93. The summed E-state index contributed by atoms with van der Waals surface area (Å²) >= 11 is 0. The van der Waals surface area contributed by atoms with Crippen LogP contribution in [0.5, 0.6) is 11.8 Å². The van der Waals surface area contributed by atoms with Crippen molar-refractivity contribution in [3.05, 3.63) is 106 Å². The lowest BCUT2D eigenvalue weighted by Gasteiger charge is -2.05. The van der Waals surface area contributed by atoms with Gasteiger partial charge in [0.2, 0.25) is 11.5 Å². The molecule has 6 rings (SSSR count). The number of carbonyl (C=O) groups excluding carboxylic acids is 1. The second-order valence-electron chi connectivity index (χ2n) is 10.8. The summed E-state index contributed by atoms with van der Waals surface area (Å²) in [4.78, 5) is 22.6. The largest absolute Gasteiger partial charge is 0.475 e. The highest BCUT2D eigenvalue weighted by Gasteiger charge is 2.21. The van der Waals surface area contributed by atoms with Gasteiger partial charge in [0.05, 0.1) is 23.3 Å². The normalized spacial score (nSPS) is 10.9. The van der Waals surface area contributed by atoms with Crippen molar-refractivity contribution in [2.45, 2.75) is 46.3 Å². The number of hydrogen-bond donors (Lipinski definition) is 4. The van der Waals surface area contributed by atoms with Crippen LogP contribution >= 0.6 is 0 Å². The van der Waals surface area contributed by atoms with Crippen molar-refractivity contribution in [1.82, 2.24) is 25.9 Å². The Morgan fingerprint density at radius 2 is 1.14 bits per heavy atom. The van der Waals surface area contributed by atoms with E-state index in [4.69, 9.17) is 28.1 Å². The third-order valence-electron chi connectivity index (χ3n) is 6.82. The van der Waals surface area contributed by atoms with Gasteiger partial charge in [0.1, 0.15) is 49.4 Å². The van der Waals surface area contributed by atoms with Crippen LogP contribution in [0.4, 0.5) is 8.78 Å². The fourth-order valence-electron chi connectivity index (χ4n) is 4.39. The SMILES string of the molecule is CC(C)NC(=O)c1cc(OCc2c(-c3ccc(F)cc3)noc2CO)no1.O=C(O)c1cc(OCc2c(-c3ccc(F)cc3)noc2CO)no1. The van der Waals surface area contributed by atoms with Crippen LogP contribution in [0.3, 0.4) is 0 Å². The molecule has 4 heterocycles. The van der Waals surface area contributed by atoms with Crippen LogP contribution in [-0.2, 0) is 26.4 Å². The number of rotatable bonds is 13. The van der Waals surface area contributed by atoms with Crippen LogP contribution in [-0.4, -0.2) is 53.9 Å². The molecular formula is C33H29F2N5O11. The maximum Gasteiger partial charge on any atom is 0.374 e. The Morgan fingerprint density at radius 1 is 0.706 bits per heavy atom. The molecule has 0 unspecified atom stereocenters. The fourth-order valence-corrected chi connectivity index (χ4v) is 4.39. The van der Waals surface area contributed by atoms with Gasteiger partial charge in [-0.05, 0) is 72.7 Å². The molecule has 2 aromatic carbocycles. The molecule has 4 N–H and O–H groups in total. The number of nitrogens with one attached hydrogen (secondary N) is 1. The molecule has 6 aromatic rings. The molecule has 0 bridgehead atoms. The highest BCUT2D eigenvalue weighted by molar-refractivity contribution is 5.91. The van der Waals surface area contributed by atoms with Gasteiger partial charge in [-0.1, -0.05) is 10.3 Å². The summed E-state index contributed by atoms with van der Waals surface area (Å²) in [7, 11) is 0. The van der Waals surface area contributed by atoms with E-state index < -0.39 is 24.3 Å². The second-order valence-corrected chi connectivity index (χ2v) is 10.8. The molecule has 266 valence electrons. The Balaban J connectivity index is 0.000000199. The van der Waals surface area contributed by atoms with Gasteiger partial charge in [-0.25, -0.2) is 13.6 Å². The minimum atomic E-state index is -1.27. The molecule has 1 amide bonds. The maximum atomic E-state index is 13.1. The zero-order valence-electron chi connectivity index (χ0n) is 26.8. The van der Waals surface area contributed by atoms with Crippen molar-refractivity contribution in [2.24, 2.45) is 0 Å². The lowest BCUT2D eigenvalue weighted by molar-refractivity contribution is 0.0651. The fraction of sp³-hybridized carbons (Fsp3) is 0.212. The number of hydrogen-bond acceptors (Lipinski definition) is 14. The van der Waals surface area contributed by atoms with Crippen LogP contribution < -0.4 is 14.8 Å². The molecule has 0 aliphatic rings. The Labute approximate surface area is 286 Å². The van der Waals surface area contributed by atoms with Crippen molar-refractivity contribution in [2.75, 3.05) is 0 Å². The van der Waals surface area contributed by atoms with Crippen LogP contribution in [0, 0.1) is 11.6 Å². The minimum absolute atomic E-state index is 0.0187. The lowest BCUT2D eigenvalue weighted by atomic mass is 10.1. The summed E-state index contributed by atoms with van der Waals surface area (Å²) in [6.07, 6.45) is 0. The van der Waals surface area contributed by atoms with Crippen LogP contribution in [0.25, 0.3) is 22.5 Å². The topological polar surface area (TPSA) is 229 Å². The minimum Gasteiger partial charge on any atom is -0.475 e. The van der Waals surface area contributed by atoms with Crippen LogP contribution in [0.1, 0.15) is 57.6 Å². The van der Waals surface area contributed by atoms with Crippen LogP contribution in [0.15, 0.2) is 78.8 Å². The van der Waals surface area contributed by atoms with E-state index in [2.05, 4.69) is 30.5 Å². The zero-order valence-corrected chi connectivity index (χ0v) is 26.8. The number of carboxylic acids is 1. The number of carboxylic acid groups (broad SMARTS) is 1. The zero-order chi connectivity index (χ0) is 36.5. The van der Waals surface area contributed by atoms with Gasteiger partial charge in [-0.2, -0.15) is 0 Å². The Bertz CT molecular complexity index is 2070. The summed E-state index contributed by atoms with van der Waals surface area (Å²) in [6, 6.07) is 13.7. The summed E-state index contributed by atoms with van der Waals surface area (Å²) < 4.78 is 56.8. The molecule has 0 spiro atoms. The number of halogens is 2. The van der Waals surface area contributed by atoms with Gasteiger partial charge in [0.25, 0.3) is 17.7 Å². The first-order valence-corrected chi connectivity index (χ1v) is 15.0.